The molecule has 0 atom stereocenters. The molecule has 1 aliphatic carbocycles. The summed E-state index contributed by atoms with van der Waals surface area (Å²) in [6, 6.07) is 10.2. The molecule has 0 unspecified atom stereocenters. The summed E-state index contributed by atoms with van der Waals surface area (Å²) in [5.74, 6) is 1.20. The summed E-state index contributed by atoms with van der Waals surface area (Å²) in [6.45, 7) is 2.18. The number of nitrogens with one attached hydrogen (secondary N) is 1. The van der Waals surface area contributed by atoms with Crippen molar-refractivity contribution < 1.29 is 17.9 Å². The average Bonchev–Trinajstić information content (AvgIpc) is 3.28. The first-order valence-electron chi connectivity index (χ1n) is 9.94. The van der Waals surface area contributed by atoms with Crippen molar-refractivity contribution in [1.82, 2.24) is 5.32 Å². The van der Waals surface area contributed by atoms with Gasteiger partial charge in [0.2, 0.25) is 0 Å². The van der Waals surface area contributed by atoms with Crippen molar-refractivity contribution in [3.8, 4) is 5.75 Å². The second kappa shape index (κ2) is 9.63. The fourth-order valence-corrected chi connectivity index (χ4v) is 5.93. The maximum Gasteiger partial charge on any atom is 0.273 e. The highest BCUT2D eigenvalue weighted by atomic mass is 32.2. The van der Waals surface area contributed by atoms with Crippen LogP contribution >= 0.6 is 11.3 Å². The Morgan fingerprint density at radius 2 is 1.86 bits per heavy atom. The first-order chi connectivity index (χ1) is 13.9. The minimum atomic E-state index is -3.56. The molecule has 1 saturated carbocycles. The SMILES string of the molecule is CCC1CCC(NC(=O)COc2ccc(N(C)S(=O)(=O)c3cccs3)cc2)CC1. The maximum absolute atomic E-state index is 12.6. The highest BCUT2D eigenvalue weighted by Gasteiger charge is 2.23. The van der Waals surface area contributed by atoms with Crippen LogP contribution in [0, 0.1) is 5.92 Å². The summed E-state index contributed by atoms with van der Waals surface area (Å²) in [5, 5.41) is 4.78. The Morgan fingerprint density at radius 3 is 2.45 bits per heavy atom. The van der Waals surface area contributed by atoms with E-state index in [9.17, 15) is 13.2 Å². The Hall–Kier alpha value is -2.06. The molecule has 0 spiro atoms. The van der Waals surface area contributed by atoms with Gasteiger partial charge in [0.05, 0.1) is 5.69 Å². The lowest BCUT2D eigenvalue weighted by molar-refractivity contribution is -0.124. The minimum Gasteiger partial charge on any atom is -0.484 e. The van der Waals surface area contributed by atoms with E-state index in [4.69, 9.17) is 4.74 Å². The lowest BCUT2D eigenvalue weighted by atomic mass is 9.84. The van der Waals surface area contributed by atoms with Crippen LogP contribution < -0.4 is 14.4 Å². The van der Waals surface area contributed by atoms with E-state index in [0.29, 0.717) is 15.6 Å². The summed E-state index contributed by atoms with van der Waals surface area (Å²) >= 11 is 1.18. The van der Waals surface area contributed by atoms with E-state index in [1.54, 1.807) is 41.8 Å². The first kappa shape index (κ1) is 21.6. The minimum absolute atomic E-state index is 0.0453. The second-order valence-electron chi connectivity index (χ2n) is 7.38. The Morgan fingerprint density at radius 1 is 1.17 bits per heavy atom. The zero-order chi connectivity index (χ0) is 20.9. The van der Waals surface area contributed by atoms with Crippen LogP contribution in [0.4, 0.5) is 5.69 Å². The van der Waals surface area contributed by atoms with E-state index in [-0.39, 0.29) is 18.6 Å². The third kappa shape index (κ3) is 5.51. The molecular formula is C21H28N2O4S2. The molecule has 2 aromatic rings. The molecule has 8 heteroatoms. The Bertz CT molecular complexity index is 887. The summed E-state index contributed by atoms with van der Waals surface area (Å²) in [6.07, 6.45) is 5.62. The van der Waals surface area contributed by atoms with Crippen molar-refractivity contribution in [3.05, 3.63) is 41.8 Å². The number of anilines is 1. The average molecular weight is 437 g/mol. The normalized spacial score (nSPS) is 19.5. The Kier molecular flexibility index (Phi) is 7.18. The molecular weight excluding hydrogens is 408 g/mol. The number of nitrogens with zero attached hydrogens (tertiary/aromatic N) is 1. The second-order valence-corrected chi connectivity index (χ2v) is 10.5. The number of ether oxygens (including phenoxy) is 1. The van der Waals surface area contributed by atoms with Gasteiger partial charge in [0.15, 0.2) is 6.61 Å². The van der Waals surface area contributed by atoms with Crippen molar-refractivity contribution in [2.75, 3.05) is 18.0 Å². The number of sulfonamides is 1. The predicted octanol–water partition coefficient (Wildman–Crippen LogP) is 4.04. The summed E-state index contributed by atoms with van der Waals surface area (Å²) in [7, 11) is -2.04. The molecule has 1 amide bonds. The van der Waals surface area contributed by atoms with Crippen molar-refractivity contribution >= 4 is 33.0 Å². The van der Waals surface area contributed by atoms with Gasteiger partial charge in [-0.1, -0.05) is 19.4 Å². The van der Waals surface area contributed by atoms with Crippen LogP contribution in [0.1, 0.15) is 39.0 Å². The smallest absolute Gasteiger partial charge is 0.273 e. The van der Waals surface area contributed by atoms with Crippen LogP contribution in [0.5, 0.6) is 5.75 Å². The Labute approximate surface area is 176 Å². The molecule has 1 N–H and O–H groups in total. The summed E-state index contributed by atoms with van der Waals surface area (Å²) in [5.41, 5.74) is 0.530. The standard InChI is InChI=1S/C21H28N2O4S2/c1-3-16-6-8-17(9-7-16)22-20(24)15-27-19-12-10-18(11-13-19)23(2)29(25,26)21-5-4-14-28-21/h4-5,10-14,16-17H,3,6-9,15H2,1-2H3,(H,22,24). The van der Waals surface area contributed by atoms with Gasteiger partial charge in [-0.2, -0.15) is 0 Å². The van der Waals surface area contributed by atoms with Gasteiger partial charge in [0.25, 0.3) is 15.9 Å². The van der Waals surface area contributed by atoms with Crippen LogP contribution in [0.2, 0.25) is 0 Å². The van der Waals surface area contributed by atoms with Crippen LogP contribution in [0.15, 0.2) is 46.0 Å². The predicted molar refractivity (Wildman–Crippen MR) is 116 cm³/mol. The van der Waals surface area contributed by atoms with E-state index >= 15 is 0 Å². The quantitative estimate of drug-likeness (QED) is 0.678. The fraction of sp³-hybridized carbons (Fsp3) is 0.476. The van der Waals surface area contributed by atoms with Gasteiger partial charge >= 0.3 is 0 Å². The van der Waals surface area contributed by atoms with Crippen LogP contribution in [-0.2, 0) is 14.8 Å². The molecule has 0 aliphatic heterocycles. The number of thiophene rings is 1. The molecule has 1 fully saturated rings. The first-order valence-corrected chi connectivity index (χ1v) is 12.3. The van der Waals surface area contributed by atoms with Gasteiger partial charge in [-0.15, -0.1) is 11.3 Å². The van der Waals surface area contributed by atoms with Gasteiger partial charge < -0.3 is 10.1 Å². The molecule has 0 saturated heterocycles. The van der Waals surface area contributed by atoms with Gasteiger partial charge in [0.1, 0.15) is 9.96 Å². The van der Waals surface area contributed by atoms with E-state index in [2.05, 4.69) is 12.2 Å². The number of carbonyl (C=O) groups is 1. The number of amides is 1. The number of benzene rings is 1. The monoisotopic (exact) mass is 436 g/mol. The molecule has 1 heterocycles. The summed E-state index contributed by atoms with van der Waals surface area (Å²) < 4.78 is 32.2. The van der Waals surface area contributed by atoms with Crippen molar-refractivity contribution in [2.45, 2.75) is 49.3 Å². The van der Waals surface area contributed by atoms with Crippen LogP contribution in [0.25, 0.3) is 0 Å². The third-order valence-electron chi connectivity index (χ3n) is 5.47. The van der Waals surface area contributed by atoms with E-state index in [1.165, 1.54) is 42.0 Å². The van der Waals surface area contributed by atoms with E-state index in [0.717, 1.165) is 18.8 Å². The number of rotatable bonds is 8. The highest BCUT2D eigenvalue weighted by molar-refractivity contribution is 7.94. The molecule has 29 heavy (non-hydrogen) atoms. The molecule has 0 radical (unpaired) electrons. The van der Waals surface area contributed by atoms with Crippen molar-refractivity contribution in [3.63, 3.8) is 0 Å². The highest BCUT2D eigenvalue weighted by Crippen LogP contribution is 2.27. The number of hydrogen-bond acceptors (Lipinski definition) is 5. The fourth-order valence-electron chi connectivity index (χ4n) is 3.57. The number of hydrogen-bond donors (Lipinski definition) is 1. The van der Waals surface area contributed by atoms with E-state index in [1.807, 2.05) is 0 Å². The molecule has 158 valence electrons. The van der Waals surface area contributed by atoms with Gasteiger partial charge in [-0.3, -0.25) is 9.10 Å². The van der Waals surface area contributed by atoms with Crippen LogP contribution in [-0.4, -0.2) is 34.0 Å². The summed E-state index contributed by atoms with van der Waals surface area (Å²) in [4.78, 5) is 12.2. The zero-order valence-corrected chi connectivity index (χ0v) is 18.5. The largest absolute Gasteiger partial charge is 0.484 e. The molecule has 6 nitrogen and oxygen atoms in total. The topological polar surface area (TPSA) is 75.7 Å². The van der Waals surface area contributed by atoms with E-state index < -0.39 is 10.0 Å². The molecule has 1 aliphatic rings. The molecule has 1 aromatic heterocycles. The third-order valence-corrected chi connectivity index (χ3v) is 8.63. The van der Waals surface area contributed by atoms with Gasteiger partial charge in [-0.05, 0) is 67.3 Å². The molecule has 0 bridgehead atoms. The lowest BCUT2D eigenvalue weighted by Gasteiger charge is -2.28. The maximum atomic E-state index is 12.6. The molecule has 1 aromatic carbocycles. The number of carbonyl (C=O) groups excluding carboxylic acids is 1. The van der Waals surface area contributed by atoms with Gasteiger partial charge in [0, 0.05) is 13.1 Å². The van der Waals surface area contributed by atoms with Gasteiger partial charge in [-0.25, -0.2) is 8.42 Å². The van der Waals surface area contributed by atoms with Crippen molar-refractivity contribution in [1.29, 1.82) is 0 Å². The molecule has 3 rings (SSSR count). The lowest BCUT2D eigenvalue weighted by Crippen LogP contribution is -2.40. The van der Waals surface area contributed by atoms with Crippen LogP contribution in [0.3, 0.4) is 0 Å². The zero-order valence-electron chi connectivity index (χ0n) is 16.8. The Balaban J connectivity index is 1.50. The van der Waals surface area contributed by atoms with Crippen molar-refractivity contribution in [2.24, 2.45) is 5.92 Å².